The van der Waals surface area contributed by atoms with Gasteiger partial charge in [0, 0.05) is 37.3 Å². The maximum Gasteiger partial charge on any atom is 0.337 e. The molecular formula is C23H22N4O2. The summed E-state index contributed by atoms with van der Waals surface area (Å²) >= 11 is 0. The zero-order valence-corrected chi connectivity index (χ0v) is 16.0. The molecule has 0 spiro atoms. The van der Waals surface area contributed by atoms with Crippen LogP contribution in [0, 0.1) is 0 Å². The molecule has 0 radical (unpaired) electrons. The van der Waals surface area contributed by atoms with Crippen molar-refractivity contribution in [2.75, 3.05) is 31.1 Å². The summed E-state index contributed by atoms with van der Waals surface area (Å²) in [6.45, 7) is 4.47. The first-order valence-corrected chi connectivity index (χ1v) is 9.85. The number of rotatable bonds is 4. The Morgan fingerprint density at radius 1 is 0.966 bits per heavy atom. The van der Waals surface area contributed by atoms with E-state index in [1.165, 1.54) is 16.5 Å². The maximum absolute atomic E-state index is 11.4. The van der Waals surface area contributed by atoms with Gasteiger partial charge >= 0.3 is 5.97 Å². The van der Waals surface area contributed by atoms with Crippen LogP contribution in [-0.2, 0) is 6.54 Å². The van der Waals surface area contributed by atoms with Crippen molar-refractivity contribution in [2.24, 2.45) is 0 Å². The monoisotopic (exact) mass is 386 g/mol. The number of nitrogens with one attached hydrogen (secondary N) is 1. The number of anilines is 1. The van der Waals surface area contributed by atoms with Crippen LogP contribution < -0.4 is 4.90 Å². The van der Waals surface area contributed by atoms with Crippen LogP contribution in [0.1, 0.15) is 16.2 Å². The van der Waals surface area contributed by atoms with Crippen molar-refractivity contribution in [3.63, 3.8) is 0 Å². The quantitative estimate of drug-likeness (QED) is 0.559. The van der Waals surface area contributed by atoms with Crippen LogP contribution in [0.3, 0.4) is 0 Å². The van der Waals surface area contributed by atoms with Gasteiger partial charge in [0.1, 0.15) is 11.3 Å². The van der Waals surface area contributed by atoms with Gasteiger partial charge in [-0.25, -0.2) is 9.78 Å². The Hall–Kier alpha value is -3.38. The first-order valence-electron chi connectivity index (χ1n) is 9.85. The fourth-order valence-electron chi connectivity index (χ4n) is 4.17. The lowest BCUT2D eigenvalue weighted by atomic mass is 10.1. The van der Waals surface area contributed by atoms with Crippen molar-refractivity contribution in [3.8, 4) is 0 Å². The smallest absolute Gasteiger partial charge is 0.337 e. The van der Waals surface area contributed by atoms with Crippen molar-refractivity contribution < 1.29 is 9.90 Å². The van der Waals surface area contributed by atoms with Gasteiger partial charge < -0.3 is 15.0 Å². The first-order chi connectivity index (χ1) is 14.2. The number of hydrogen-bond donors (Lipinski definition) is 2. The average Bonchev–Trinajstić information content (AvgIpc) is 3.16. The molecule has 0 atom stereocenters. The maximum atomic E-state index is 11.4. The Labute approximate surface area is 168 Å². The van der Waals surface area contributed by atoms with Crippen molar-refractivity contribution in [3.05, 3.63) is 72.1 Å². The minimum atomic E-state index is -0.947. The van der Waals surface area contributed by atoms with Crippen molar-refractivity contribution in [1.29, 1.82) is 0 Å². The van der Waals surface area contributed by atoms with E-state index >= 15 is 0 Å². The van der Waals surface area contributed by atoms with Crippen LogP contribution in [0.4, 0.5) is 5.69 Å². The standard InChI is InChI=1S/C23H22N4O2/c28-23(29)18-8-4-9-19-22(18)25-21(24-19)15-26-11-13-27(14-12-26)20-10-3-6-16-5-1-2-7-17(16)20/h1-10H,11-15H2,(H,24,25)(H,28,29). The average molecular weight is 386 g/mol. The van der Waals surface area contributed by atoms with E-state index in [1.54, 1.807) is 12.1 Å². The van der Waals surface area contributed by atoms with Crippen LogP contribution in [0.25, 0.3) is 21.8 Å². The van der Waals surface area contributed by atoms with Crippen molar-refractivity contribution >= 4 is 33.5 Å². The molecule has 1 saturated heterocycles. The molecule has 0 unspecified atom stereocenters. The van der Waals surface area contributed by atoms with Crippen LogP contribution >= 0.6 is 0 Å². The topological polar surface area (TPSA) is 72.5 Å². The molecule has 29 heavy (non-hydrogen) atoms. The molecule has 146 valence electrons. The zero-order chi connectivity index (χ0) is 19.8. The molecule has 2 heterocycles. The second-order valence-corrected chi connectivity index (χ2v) is 7.45. The number of piperazine rings is 1. The van der Waals surface area contributed by atoms with E-state index in [1.807, 2.05) is 6.07 Å². The lowest BCUT2D eigenvalue weighted by Gasteiger charge is -2.36. The number of aromatic amines is 1. The van der Waals surface area contributed by atoms with Gasteiger partial charge in [0.15, 0.2) is 0 Å². The third-order valence-corrected chi connectivity index (χ3v) is 5.65. The molecule has 1 aliphatic heterocycles. The first kappa shape index (κ1) is 17.7. The van der Waals surface area contributed by atoms with Crippen LogP contribution in [0.2, 0.25) is 0 Å². The number of hydrogen-bond acceptors (Lipinski definition) is 4. The Morgan fingerprint density at radius 3 is 2.55 bits per heavy atom. The molecular weight excluding hydrogens is 364 g/mol. The molecule has 6 nitrogen and oxygen atoms in total. The summed E-state index contributed by atoms with van der Waals surface area (Å²) in [6.07, 6.45) is 0. The highest BCUT2D eigenvalue weighted by atomic mass is 16.4. The van der Waals surface area contributed by atoms with E-state index in [0.29, 0.717) is 12.1 Å². The van der Waals surface area contributed by atoms with E-state index in [2.05, 4.69) is 62.2 Å². The molecule has 5 rings (SSSR count). The van der Waals surface area contributed by atoms with E-state index < -0.39 is 5.97 Å². The molecule has 6 heteroatoms. The minimum Gasteiger partial charge on any atom is -0.478 e. The lowest BCUT2D eigenvalue weighted by Crippen LogP contribution is -2.46. The van der Waals surface area contributed by atoms with Gasteiger partial charge in [-0.3, -0.25) is 4.90 Å². The van der Waals surface area contributed by atoms with Crippen molar-refractivity contribution in [1.82, 2.24) is 14.9 Å². The predicted molar refractivity (Wildman–Crippen MR) is 114 cm³/mol. The molecule has 0 bridgehead atoms. The van der Waals surface area contributed by atoms with Crippen LogP contribution in [0.15, 0.2) is 60.7 Å². The molecule has 1 aromatic heterocycles. The van der Waals surface area contributed by atoms with Gasteiger partial charge in [0.25, 0.3) is 0 Å². The molecule has 0 saturated carbocycles. The second kappa shape index (κ2) is 7.22. The van der Waals surface area contributed by atoms with Gasteiger partial charge in [-0.15, -0.1) is 0 Å². The summed E-state index contributed by atoms with van der Waals surface area (Å²) in [5.41, 5.74) is 2.84. The number of benzene rings is 3. The summed E-state index contributed by atoms with van der Waals surface area (Å²) < 4.78 is 0. The number of H-pyrrole nitrogens is 1. The molecule has 0 aliphatic carbocycles. The van der Waals surface area contributed by atoms with E-state index in [4.69, 9.17) is 0 Å². The fourth-order valence-corrected chi connectivity index (χ4v) is 4.17. The van der Waals surface area contributed by atoms with Gasteiger partial charge in [0.2, 0.25) is 0 Å². The fraction of sp³-hybridized carbons (Fsp3) is 0.217. The number of carbonyl (C=O) groups is 1. The van der Waals surface area contributed by atoms with E-state index in [-0.39, 0.29) is 5.56 Å². The molecule has 4 aromatic rings. The highest BCUT2D eigenvalue weighted by molar-refractivity contribution is 6.00. The number of para-hydroxylation sites is 1. The van der Waals surface area contributed by atoms with Gasteiger partial charge in [-0.05, 0) is 23.6 Å². The van der Waals surface area contributed by atoms with Gasteiger partial charge in [0.05, 0.1) is 17.6 Å². The summed E-state index contributed by atoms with van der Waals surface area (Å²) in [5.74, 6) is -0.135. The zero-order valence-electron chi connectivity index (χ0n) is 16.0. The minimum absolute atomic E-state index is 0.241. The molecule has 1 aliphatic rings. The lowest BCUT2D eigenvalue weighted by molar-refractivity contribution is 0.0699. The highest BCUT2D eigenvalue weighted by Gasteiger charge is 2.20. The van der Waals surface area contributed by atoms with E-state index in [9.17, 15) is 9.90 Å². The van der Waals surface area contributed by atoms with Crippen LogP contribution in [0.5, 0.6) is 0 Å². The number of aromatic nitrogens is 2. The molecule has 3 aromatic carbocycles. The number of carboxylic acid groups (broad SMARTS) is 1. The summed E-state index contributed by atoms with van der Waals surface area (Å²) in [7, 11) is 0. The Balaban J connectivity index is 1.31. The molecule has 0 amide bonds. The SMILES string of the molecule is O=C(O)c1cccc2[nH]c(CN3CCN(c4cccc5ccccc45)CC3)nc12. The number of carboxylic acids is 1. The number of nitrogens with zero attached hydrogens (tertiary/aromatic N) is 3. The van der Waals surface area contributed by atoms with Gasteiger partial charge in [-0.2, -0.15) is 0 Å². The summed E-state index contributed by atoms with van der Waals surface area (Å²) in [6, 6.07) is 20.2. The summed E-state index contributed by atoms with van der Waals surface area (Å²) in [4.78, 5) is 24.0. The molecule has 2 N–H and O–H groups in total. The van der Waals surface area contributed by atoms with Crippen LogP contribution in [-0.4, -0.2) is 52.1 Å². The number of fused-ring (bicyclic) bond motifs is 2. The normalized spacial score (nSPS) is 15.2. The number of aromatic carboxylic acids is 1. The molecule has 1 fully saturated rings. The Morgan fingerprint density at radius 2 is 1.72 bits per heavy atom. The van der Waals surface area contributed by atoms with Crippen molar-refractivity contribution in [2.45, 2.75) is 6.54 Å². The largest absolute Gasteiger partial charge is 0.478 e. The summed E-state index contributed by atoms with van der Waals surface area (Å²) in [5, 5.41) is 11.9. The van der Waals surface area contributed by atoms with E-state index in [0.717, 1.165) is 37.5 Å². The second-order valence-electron chi connectivity index (χ2n) is 7.45. The predicted octanol–water partition coefficient (Wildman–Crippen LogP) is 3.74. The highest BCUT2D eigenvalue weighted by Crippen LogP contribution is 2.27. The third-order valence-electron chi connectivity index (χ3n) is 5.65. The van der Waals surface area contributed by atoms with Gasteiger partial charge in [-0.1, -0.05) is 42.5 Å². The Kier molecular flexibility index (Phi) is 4.41. The third kappa shape index (κ3) is 3.32. The number of imidazole rings is 1. The Bertz CT molecular complexity index is 1190.